The third-order valence-corrected chi connectivity index (χ3v) is 3.95. The number of hydrogen-bond donors (Lipinski definition) is 0. The van der Waals surface area contributed by atoms with Crippen LogP contribution < -0.4 is 0 Å². The molecule has 0 aromatic carbocycles. The molecule has 2 heteroatoms. The molecule has 0 aromatic heterocycles. The van der Waals surface area contributed by atoms with Crippen molar-refractivity contribution < 1.29 is 4.79 Å². The molecule has 14 heavy (non-hydrogen) atoms. The number of carbonyl (C=O) groups excluding carboxylic acids is 1. The van der Waals surface area contributed by atoms with Gasteiger partial charge in [-0.15, -0.1) is 0 Å². The molecule has 1 rings (SSSR count). The number of halogens is 1. The lowest BCUT2D eigenvalue weighted by Crippen LogP contribution is -2.22. The van der Waals surface area contributed by atoms with Crippen LogP contribution in [0, 0.1) is 11.8 Å². The lowest BCUT2D eigenvalue weighted by atomic mass is 9.78. The summed E-state index contributed by atoms with van der Waals surface area (Å²) in [4.78, 5) is 11.4. The Labute approximate surface area is 95.8 Å². The molecular formula is C12H21BrO. The van der Waals surface area contributed by atoms with Crippen LogP contribution in [0.25, 0.3) is 0 Å². The Hall–Kier alpha value is 0.150. The van der Waals surface area contributed by atoms with Gasteiger partial charge in [0, 0.05) is 5.92 Å². The standard InChI is InChI=1S/C12H21BrO/c1-2-3-4-10-5-7-11(8-6-10)12(14)9-13/h10-11H,2-9H2,1H3. The fourth-order valence-electron chi connectivity index (χ4n) is 2.38. The van der Waals surface area contributed by atoms with E-state index in [0.717, 1.165) is 18.8 Å². The van der Waals surface area contributed by atoms with Gasteiger partial charge in [0.15, 0.2) is 0 Å². The van der Waals surface area contributed by atoms with Crippen LogP contribution in [-0.4, -0.2) is 11.1 Å². The van der Waals surface area contributed by atoms with E-state index in [1.165, 1.54) is 32.1 Å². The van der Waals surface area contributed by atoms with Crippen molar-refractivity contribution in [2.75, 3.05) is 5.33 Å². The maximum absolute atomic E-state index is 11.4. The Morgan fingerprint density at radius 3 is 2.43 bits per heavy atom. The summed E-state index contributed by atoms with van der Waals surface area (Å²) in [6, 6.07) is 0. The van der Waals surface area contributed by atoms with Gasteiger partial charge in [0.1, 0.15) is 5.78 Å². The van der Waals surface area contributed by atoms with Crippen LogP contribution in [0.1, 0.15) is 51.9 Å². The Kier molecular flexibility index (Phi) is 5.76. The minimum absolute atomic E-state index is 0.368. The van der Waals surface area contributed by atoms with E-state index in [4.69, 9.17) is 0 Å². The maximum atomic E-state index is 11.4. The second kappa shape index (κ2) is 6.60. The van der Waals surface area contributed by atoms with Crippen molar-refractivity contribution in [1.82, 2.24) is 0 Å². The second-order valence-corrected chi connectivity index (χ2v) is 5.02. The number of carbonyl (C=O) groups is 1. The minimum atomic E-state index is 0.368. The van der Waals surface area contributed by atoms with E-state index >= 15 is 0 Å². The molecule has 0 radical (unpaired) electrons. The van der Waals surface area contributed by atoms with E-state index in [1.807, 2.05) is 0 Å². The van der Waals surface area contributed by atoms with Gasteiger partial charge in [-0.25, -0.2) is 0 Å². The number of hydrogen-bond acceptors (Lipinski definition) is 1. The van der Waals surface area contributed by atoms with E-state index < -0.39 is 0 Å². The highest BCUT2D eigenvalue weighted by molar-refractivity contribution is 9.09. The fourth-order valence-corrected chi connectivity index (χ4v) is 2.83. The molecule has 0 atom stereocenters. The molecule has 0 aliphatic heterocycles. The molecule has 0 unspecified atom stereocenters. The van der Waals surface area contributed by atoms with Crippen molar-refractivity contribution in [3.63, 3.8) is 0 Å². The number of rotatable bonds is 5. The van der Waals surface area contributed by atoms with Gasteiger partial charge in [0.05, 0.1) is 5.33 Å². The van der Waals surface area contributed by atoms with Gasteiger partial charge in [-0.1, -0.05) is 42.1 Å². The topological polar surface area (TPSA) is 17.1 Å². The molecule has 0 spiro atoms. The largest absolute Gasteiger partial charge is 0.298 e. The molecule has 1 aliphatic carbocycles. The predicted molar refractivity (Wildman–Crippen MR) is 63.8 cm³/mol. The van der Waals surface area contributed by atoms with Crippen LogP contribution in [0.15, 0.2) is 0 Å². The van der Waals surface area contributed by atoms with E-state index in [2.05, 4.69) is 22.9 Å². The van der Waals surface area contributed by atoms with Crippen LogP contribution in [0.3, 0.4) is 0 Å². The summed E-state index contributed by atoms with van der Waals surface area (Å²) >= 11 is 3.26. The van der Waals surface area contributed by atoms with E-state index in [0.29, 0.717) is 17.0 Å². The Balaban J connectivity index is 2.20. The first kappa shape index (κ1) is 12.2. The molecule has 1 fully saturated rings. The van der Waals surface area contributed by atoms with E-state index in [-0.39, 0.29) is 0 Å². The van der Waals surface area contributed by atoms with Crippen LogP contribution >= 0.6 is 15.9 Å². The van der Waals surface area contributed by atoms with Gasteiger partial charge in [-0.2, -0.15) is 0 Å². The summed E-state index contributed by atoms with van der Waals surface area (Å²) in [7, 11) is 0. The van der Waals surface area contributed by atoms with Crippen molar-refractivity contribution in [1.29, 1.82) is 0 Å². The summed E-state index contributed by atoms with van der Waals surface area (Å²) in [6.07, 6.45) is 8.89. The van der Waals surface area contributed by atoms with Crippen LogP contribution in [-0.2, 0) is 4.79 Å². The molecule has 0 aromatic rings. The molecule has 0 heterocycles. The highest BCUT2D eigenvalue weighted by atomic mass is 79.9. The number of Topliss-reactive ketones (excluding diaryl/α,β-unsaturated/α-hetero) is 1. The highest BCUT2D eigenvalue weighted by Crippen LogP contribution is 2.32. The molecule has 1 saturated carbocycles. The molecule has 1 nitrogen and oxygen atoms in total. The Morgan fingerprint density at radius 2 is 1.93 bits per heavy atom. The summed E-state index contributed by atoms with van der Waals surface area (Å²) in [6.45, 7) is 2.25. The minimum Gasteiger partial charge on any atom is -0.298 e. The lowest BCUT2D eigenvalue weighted by Gasteiger charge is -2.27. The number of alkyl halides is 1. The Morgan fingerprint density at radius 1 is 1.29 bits per heavy atom. The first-order valence-corrected chi connectivity index (χ1v) is 6.98. The maximum Gasteiger partial charge on any atom is 0.146 e. The summed E-state index contributed by atoms with van der Waals surface area (Å²) in [5, 5.41) is 0.553. The van der Waals surface area contributed by atoms with Gasteiger partial charge < -0.3 is 0 Å². The van der Waals surface area contributed by atoms with Crippen LogP contribution in [0.4, 0.5) is 0 Å². The summed E-state index contributed by atoms with van der Waals surface area (Å²) in [5.74, 6) is 1.69. The number of ketones is 1. The highest BCUT2D eigenvalue weighted by Gasteiger charge is 2.24. The molecule has 82 valence electrons. The SMILES string of the molecule is CCCCC1CCC(C(=O)CBr)CC1. The summed E-state index contributed by atoms with van der Waals surface area (Å²) in [5.41, 5.74) is 0. The van der Waals surface area contributed by atoms with Crippen molar-refractivity contribution in [3.8, 4) is 0 Å². The zero-order chi connectivity index (χ0) is 10.4. The third kappa shape index (κ3) is 3.72. The first-order valence-electron chi connectivity index (χ1n) is 5.86. The molecule has 0 amide bonds. The lowest BCUT2D eigenvalue weighted by molar-refractivity contribution is -0.121. The molecule has 0 saturated heterocycles. The average molecular weight is 261 g/mol. The van der Waals surface area contributed by atoms with Crippen LogP contribution in [0.5, 0.6) is 0 Å². The van der Waals surface area contributed by atoms with Gasteiger partial charge in [-0.05, 0) is 31.6 Å². The smallest absolute Gasteiger partial charge is 0.146 e. The van der Waals surface area contributed by atoms with Gasteiger partial charge in [0.25, 0.3) is 0 Å². The molecule has 0 N–H and O–H groups in total. The zero-order valence-electron chi connectivity index (χ0n) is 9.10. The van der Waals surface area contributed by atoms with Gasteiger partial charge in [-0.3, -0.25) is 4.79 Å². The van der Waals surface area contributed by atoms with Crippen molar-refractivity contribution >= 4 is 21.7 Å². The number of unbranched alkanes of at least 4 members (excludes halogenated alkanes) is 1. The predicted octanol–water partition coefficient (Wildman–Crippen LogP) is 3.95. The molecule has 0 bridgehead atoms. The third-order valence-electron chi connectivity index (χ3n) is 3.40. The Bertz CT molecular complexity index is 171. The van der Waals surface area contributed by atoms with Crippen molar-refractivity contribution in [2.45, 2.75) is 51.9 Å². The van der Waals surface area contributed by atoms with E-state index in [9.17, 15) is 4.79 Å². The second-order valence-electron chi connectivity index (χ2n) is 4.46. The molecule has 1 aliphatic rings. The first-order chi connectivity index (χ1) is 6.77. The van der Waals surface area contributed by atoms with E-state index in [1.54, 1.807) is 0 Å². The zero-order valence-corrected chi connectivity index (χ0v) is 10.7. The quantitative estimate of drug-likeness (QED) is 0.685. The van der Waals surface area contributed by atoms with Crippen molar-refractivity contribution in [2.24, 2.45) is 11.8 Å². The monoisotopic (exact) mass is 260 g/mol. The molecular weight excluding hydrogens is 240 g/mol. The van der Waals surface area contributed by atoms with Gasteiger partial charge in [0.2, 0.25) is 0 Å². The van der Waals surface area contributed by atoms with Gasteiger partial charge >= 0.3 is 0 Å². The normalized spacial score (nSPS) is 27.6. The van der Waals surface area contributed by atoms with Crippen LogP contribution in [0.2, 0.25) is 0 Å². The fraction of sp³-hybridized carbons (Fsp3) is 0.917. The van der Waals surface area contributed by atoms with Crippen molar-refractivity contribution in [3.05, 3.63) is 0 Å². The summed E-state index contributed by atoms with van der Waals surface area (Å²) < 4.78 is 0. The average Bonchev–Trinajstić information content (AvgIpc) is 2.26.